The van der Waals surface area contributed by atoms with E-state index < -0.39 is 0 Å². The van der Waals surface area contributed by atoms with Crippen LogP contribution in [-0.2, 0) is 0 Å². The van der Waals surface area contributed by atoms with E-state index in [9.17, 15) is 0 Å². The average Bonchev–Trinajstić information content (AvgIpc) is 3.46. The van der Waals surface area contributed by atoms with E-state index in [1.54, 1.807) is 31.3 Å². The van der Waals surface area contributed by atoms with Crippen LogP contribution < -0.4 is 10.1 Å². The van der Waals surface area contributed by atoms with E-state index in [-0.39, 0.29) is 0 Å². The van der Waals surface area contributed by atoms with Gasteiger partial charge in [0.2, 0.25) is 0 Å². The van der Waals surface area contributed by atoms with Crippen molar-refractivity contribution in [2.24, 2.45) is 0 Å². The Morgan fingerprint density at radius 2 is 1.64 bits per heavy atom. The summed E-state index contributed by atoms with van der Waals surface area (Å²) in [5.41, 5.74) is 5.58. The van der Waals surface area contributed by atoms with Crippen molar-refractivity contribution in [2.75, 3.05) is 12.4 Å². The Bertz CT molecular complexity index is 1980. The number of pyridine rings is 2. The zero-order chi connectivity index (χ0) is 26.2. The SMILES string of the molecule is COc1cnc2c(Sc3ccc(Nc4nnc(-c5ccc6nonc6c5)c5ccccc45)cc3)ccnc2c1. The topological polar surface area (TPSA) is 112 Å². The van der Waals surface area contributed by atoms with Crippen molar-refractivity contribution >= 4 is 56.1 Å². The van der Waals surface area contributed by atoms with Crippen LogP contribution >= 0.6 is 11.8 Å². The number of methoxy groups -OCH3 is 1. The van der Waals surface area contributed by atoms with Gasteiger partial charge in [0.25, 0.3) is 0 Å². The number of hydrogen-bond donors (Lipinski definition) is 1. The van der Waals surface area contributed by atoms with Gasteiger partial charge >= 0.3 is 0 Å². The molecule has 39 heavy (non-hydrogen) atoms. The Balaban J connectivity index is 1.16. The van der Waals surface area contributed by atoms with Crippen LogP contribution in [0, 0.1) is 0 Å². The minimum Gasteiger partial charge on any atom is -0.495 e. The fourth-order valence-electron chi connectivity index (χ4n) is 4.39. The predicted octanol–water partition coefficient (Wildman–Crippen LogP) is 6.68. The summed E-state index contributed by atoms with van der Waals surface area (Å²) < 4.78 is 10.1. The third-order valence-electron chi connectivity index (χ3n) is 6.31. The molecule has 9 nitrogen and oxygen atoms in total. The number of rotatable bonds is 6. The second-order valence-corrected chi connectivity index (χ2v) is 9.83. The number of nitrogens with one attached hydrogen (secondary N) is 1. The normalized spacial score (nSPS) is 11.3. The molecule has 0 amide bonds. The molecule has 7 rings (SSSR count). The van der Waals surface area contributed by atoms with E-state index in [0.29, 0.717) is 22.6 Å². The number of nitrogens with zero attached hydrogens (tertiary/aromatic N) is 6. The summed E-state index contributed by atoms with van der Waals surface area (Å²) in [6.45, 7) is 0. The molecule has 1 N–H and O–H groups in total. The lowest BCUT2D eigenvalue weighted by Crippen LogP contribution is -1.99. The first kappa shape index (κ1) is 23.1. The number of aromatic nitrogens is 6. The molecule has 0 aliphatic heterocycles. The lowest BCUT2D eigenvalue weighted by atomic mass is 10.0. The summed E-state index contributed by atoms with van der Waals surface area (Å²) >= 11 is 1.63. The van der Waals surface area contributed by atoms with Gasteiger partial charge in [-0.1, -0.05) is 42.1 Å². The Morgan fingerprint density at radius 1 is 0.795 bits per heavy atom. The fourth-order valence-corrected chi connectivity index (χ4v) is 5.30. The van der Waals surface area contributed by atoms with Crippen LogP contribution in [0.1, 0.15) is 0 Å². The Labute approximate surface area is 226 Å². The summed E-state index contributed by atoms with van der Waals surface area (Å²) in [6.07, 6.45) is 3.50. The molecule has 0 saturated carbocycles. The highest BCUT2D eigenvalue weighted by Gasteiger charge is 2.13. The summed E-state index contributed by atoms with van der Waals surface area (Å²) in [6, 6.07) is 25.8. The maximum absolute atomic E-state index is 5.28. The van der Waals surface area contributed by atoms with Gasteiger partial charge in [-0.3, -0.25) is 4.98 Å². The largest absolute Gasteiger partial charge is 0.495 e. The van der Waals surface area contributed by atoms with Gasteiger partial charge in [0.1, 0.15) is 28.0 Å². The quantitative estimate of drug-likeness (QED) is 0.250. The van der Waals surface area contributed by atoms with Gasteiger partial charge in [0, 0.05) is 44.1 Å². The van der Waals surface area contributed by atoms with Crippen LogP contribution in [0.15, 0.2) is 106 Å². The molecule has 0 spiro atoms. The zero-order valence-corrected chi connectivity index (χ0v) is 21.4. The van der Waals surface area contributed by atoms with E-state index in [1.165, 1.54) is 0 Å². The first-order valence-electron chi connectivity index (χ1n) is 12.1. The van der Waals surface area contributed by atoms with Gasteiger partial charge in [0.15, 0.2) is 5.82 Å². The molecule has 0 atom stereocenters. The Hall–Kier alpha value is -5.09. The van der Waals surface area contributed by atoms with Gasteiger partial charge < -0.3 is 10.1 Å². The van der Waals surface area contributed by atoms with E-state index in [4.69, 9.17) is 9.37 Å². The smallest absolute Gasteiger partial charge is 0.161 e. The summed E-state index contributed by atoms with van der Waals surface area (Å²) in [4.78, 5) is 11.1. The lowest BCUT2D eigenvalue weighted by molar-refractivity contribution is 0.315. The number of hydrogen-bond acceptors (Lipinski definition) is 10. The third kappa shape index (κ3) is 4.36. The molecule has 0 unspecified atom stereocenters. The monoisotopic (exact) mass is 529 g/mol. The van der Waals surface area contributed by atoms with Crippen molar-refractivity contribution in [3.63, 3.8) is 0 Å². The van der Waals surface area contributed by atoms with E-state index >= 15 is 0 Å². The molecule has 0 aliphatic rings. The molecule has 0 bridgehead atoms. The van der Waals surface area contributed by atoms with Gasteiger partial charge in [0.05, 0.1) is 18.8 Å². The van der Waals surface area contributed by atoms with Crippen molar-refractivity contribution in [1.29, 1.82) is 0 Å². The molecule has 10 heteroatoms. The first-order valence-corrected chi connectivity index (χ1v) is 12.9. The molecule has 3 aromatic carbocycles. The van der Waals surface area contributed by atoms with E-state index in [1.807, 2.05) is 66.7 Å². The van der Waals surface area contributed by atoms with Crippen LogP contribution in [0.3, 0.4) is 0 Å². The average molecular weight is 530 g/mol. The highest BCUT2D eigenvalue weighted by atomic mass is 32.2. The molecule has 0 radical (unpaired) electrons. The Morgan fingerprint density at radius 3 is 2.51 bits per heavy atom. The molecular weight excluding hydrogens is 510 g/mol. The third-order valence-corrected chi connectivity index (χ3v) is 7.37. The minimum absolute atomic E-state index is 0.675. The molecule has 4 aromatic heterocycles. The first-order chi connectivity index (χ1) is 19.2. The molecule has 188 valence electrons. The van der Waals surface area contributed by atoms with Crippen molar-refractivity contribution in [2.45, 2.75) is 9.79 Å². The van der Waals surface area contributed by atoms with Crippen molar-refractivity contribution in [3.8, 4) is 17.0 Å². The van der Waals surface area contributed by atoms with Crippen molar-refractivity contribution in [1.82, 2.24) is 30.5 Å². The summed E-state index contributed by atoms with van der Waals surface area (Å²) in [7, 11) is 1.62. The second-order valence-electron chi connectivity index (χ2n) is 8.71. The molecule has 0 saturated heterocycles. The summed E-state index contributed by atoms with van der Waals surface area (Å²) in [5, 5.41) is 22.3. The standard InChI is InChI=1S/C29H19N7O2S/c1-37-19-15-25-28(31-16-19)26(12-13-30-25)39-20-9-7-18(8-10-20)32-29-22-5-3-2-4-21(22)27(33-34-29)17-6-11-23-24(14-17)36-38-35-23/h2-16H,1H3,(H,32,34). The Kier molecular flexibility index (Phi) is 5.71. The van der Waals surface area contributed by atoms with Crippen molar-refractivity contribution < 1.29 is 9.37 Å². The minimum atomic E-state index is 0.675. The van der Waals surface area contributed by atoms with Gasteiger partial charge in [-0.15, -0.1) is 10.2 Å². The van der Waals surface area contributed by atoms with Crippen LogP contribution in [0.2, 0.25) is 0 Å². The molecular formula is C29H19N7O2S. The maximum Gasteiger partial charge on any atom is 0.161 e. The highest BCUT2D eigenvalue weighted by Crippen LogP contribution is 2.35. The highest BCUT2D eigenvalue weighted by molar-refractivity contribution is 7.99. The van der Waals surface area contributed by atoms with Crippen LogP contribution in [0.25, 0.3) is 44.1 Å². The van der Waals surface area contributed by atoms with Crippen LogP contribution in [0.5, 0.6) is 5.75 Å². The molecule has 0 aliphatic carbocycles. The predicted molar refractivity (Wildman–Crippen MR) is 150 cm³/mol. The molecule has 4 heterocycles. The van der Waals surface area contributed by atoms with Gasteiger partial charge in [-0.25, -0.2) is 9.61 Å². The molecule has 0 fully saturated rings. The number of fused-ring (bicyclic) bond motifs is 3. The van der Waals surface area contributed by atoms with Gasteiger partial charge in [-0.05, 0) is 52.8 Å². The van der Waals surface area contributed by atoms with E-state index in [0.717, 1.165) is 48.5 Å². The number of anilines is 2. The maximum atomic E-state index is 5.28. The van der Waals surface area contributed by atoms with Gasteiger partial charge in [-0.2, -0.15) is 0 Å². The van der Waals surface area contributed by atoms with Crippen LogP contribution in [-0.4, -0.2) is 37.6 Å². The lowest BCUT2D eigenvalue weighted by Gasteiger charge is -2.12. The number of benzene rings is 3. The molecule has 7 aromatic rings. The van der Waals surface area contributed by atoms with E-state index in [2.05, 4.69) is 47.9 Å². The summed E-state index contributed by atoms with van der Waals surface area (Å²) in [5.74, 6) is 1.36. The zero-order valence-electron chi connectivity index (χ0n) is 20.6. The number of ether oxygens (including phenoxy) is 1. The fraction of sp³-hybridized carbons (Fsp3) is 0.0345. The van der Waals surface area contributed by atoms with Crippen molar-refractivity contribution in [3.05, 3.63) is 91.3 Å². The van der Waals surface area contributed by atoms with Crippen LogP contribution in [0.4, 0.5) is 11.5 Å². The second kappa shape index (κ2) is 9.66.